The summed E-state index contributed by atoms with van der Waals surface area (Å²) in [5.41, 5.74) is 5.59. The summed E-state index contributed by atoms with van der Waals surface area (Å²) in [6, 6.07) is 0. The van der Waals surface area contributed by atoms with E-state index in [2.05, 4.69) is 4.90 Å². The molecule has 0 radical (unpaired) electrons. The highest BCUT2D eigenvalue weighted by Gasteiger charge is 2.23. The predicted molar refractivity (Wildman–Crippen MR) is 61.8 cm³/mol. The van der Waals surface area contributed by atoms with Gasteiger partial charge in [0.25, 0.3) is 0 Å². The molecule has 2 aliphatic heterocycles. The summed E-state index contributed by atoms with van der Waals surface area (Å²) < 4.78 is 5.64. The molecule has 0 aromatic rings. The second-order valence-corrected chi connectivity index (χ2v) is 4.96. The minimum atomic E-state index is 0.554. The number of rotatable bonds is 5. The van der Waals surface area contributed by atoms with Gasteiger partial charge in [0.15, 0.2) is 0 Å². The third-order valence-electron chi connectivity index (χ3n) is 3.74. The van der Waals surface area contributed by atoms with Gasteiger partial charge in [0.1, 0.15) is 0 Å². The molecule has 3 nitrogen and oxygen atoms in total. The van der Waals surface area contributed by atoms with Crippen LogP contribution in [0.2, 0.25) is 0 Å². The van der Waals surface area contributed by atoms with Crippen LogP contribution in [0.15, 0.2) is 0 Å². The molecule has 0 saturated carbocycles. The Morgan fingerprint density at radius 3 is 2.93 bits per heavy atom. The molecule has 3 heteroatoms. The topological polar surface area (TPSA) is 38.5 Å². The Balaban J connectivity index is 1.59. The molecule has 2 unspecified atom stereocenters. The van der Waals surface area contributed by atoms with Gasteiger partial charge < -0.3 is 15.4 Å². The molecular formula is C12H24N2O. The largest absolute Gasteiger partial charge is 0.378 e. The first-order chi connectivity index (χ1) is 7.38. The number of hydrogen-bond donors (Lipinski definition) is 1. The van der Waals surface area contributed by atoms with Crippen LogP contribution < -0.4 is 5.73 Å². The number of nitrogens with zero attached hydrogens (tertiary/aromatic N) is 1. The van der Waals surface area contributed by atoms with E-state index in [1.54, 1.807) is 0 Å². The highest BCUT2D eigenvalue weighted by atomic mass is 16.5. The fraction of sp³-hybridized carbons (Fsp3) is 1.00. The monoisotopic (exact) mass is 212 g/mol. The van der Waals surface area contributed by atoms with Gasteiger partial charge in [-0.3, -0.25) is 0 Å². The quantitative estimate of drug-likeness (QED) is 0.745. The van der Waals surface area contributed by atoms with Crippen LogP contribution in [0.25, 0.3) is 0 Å². The van der Waals surface area contributed by atoms with Crippen molar-refractivity contribution in [3.63, 3.8) is 0 Å². The first kappa shape index (κ1) is 11.4. The van der Waals surface area contributed by atoms with Crippen LogP contribution in [0.5, 0.6) is 0 Å². The molecule has 0 bridgehead atoms. The number of ether oxygens (including phenoxy) is 1. The van der Waals surface area contributed by atoms with Crippen LogP contribution in [0.3, 0.4) is 0 Å². The lowest BCUT2D eigenvalue weighted by Crippen LogP contribution is -2.25. The predicted octanol–water partition coefficient (Wildman–Crippen LogP) is 1.23. The van der Waals surface area contributed by atoms with Crippen molar-refractivity contribution < 1.29 is 4.74 Å². The van der Waals surface area contributed by atoms with E-state index in [0.717, 1.165) is 19.1 Å². The standard InChI is InChI=1S/C12H24N2O/c13-6-3-11-4-7-14(10-11)8-5-12-2-1-9-15-12/h11-12H,1-10,13H2. The zero-order chi connectivity index (χ0) is 10.5. The molecule has 0 aliphatic carbocycles. The lowest BCUT2D eigenvalue weighted by Gasteiger charge is -2.18. The molecule has 88 valence electrons. The molecule has 2 atom stereocenters. The van der Waals surface area contributed by atoms with E-state index in [0.29, 0.717) is 6.10 Å². The molecule has 0 aromatic heterocycles. The van der Waals surface area contributed by atoms with Gasteiger partial charge in [0, 0.05) is 19.7 Å². The summed E-state index contributed by atoms with van der Waals surface area (Å²) >= 11 is 0. The minimum absolute atomic E-state index is 0.554. The van der Waals surface area contributed by atoms with Gasteiger partial charge in [-0.15, -0.1) is 0 Å². The Kier molecular flexibility index (Phi) is 4.42. The average molecular weight is 212 g/mol. The lowest BCUT2D eigenvalue weighted by atomic mass is 10.1. The second-order valence-electron chi connectivity index (χ2n) is 4.96. The summed E-state index contributed by atoms with van der Waals surface area (Å²) in [7, 11) is 0. The van der Waals surface area contributed by atoms with Crippen LogP contribution in [0.1, 0.15) is 32.1 Å². The maximum Gasteiger partial charge on any atom is 0.0588 e. The normalized spacial score (nSPS) is 32.6. The number of hydrogen-bond acceptors (Lipinski definition) is 3. The van der Waals surface area contributed by atoms with Crippen LogP contribution in [-0.2, 0) is 4.74 Å². The van der Waals surface area contributed by atoms with Gasteiger partial charge in [-0.2, -0.15) is 0 Å². The van der Waals surface area contributed by atoms with E-state index >= 15 is 0 Å². The van der Waals surface area contributed by atoms with Gasteiger partial charge in [-0.05, 0) is 51.1 Å². The summed E-state index contributed by atoms with van der Waals surface area (Å²) in [5, 5.41) is 0. The van der Waals surface area contributed by atoms with Crippen LogP contribution in [-0.4, -0.2) is 43.8 Å². The second kappa shape index (κ2) is 5.83. The maximum absolute atomic E-state index is 5.64. The number of nitrogens with two attached hydrogens (primary N) is 1. The smallest absolute Gasteiger partial charge is 0.0588 e. The highest BCUT2D eigenvalue weighted by molar-refractivity contribution is 4.77. The summed E-state index contributed by atoms with van der Waals surface area (Å²) in [5.74, 6) is 0.861. The van der Waals surface area contributed by atoms with Gasteiger partial charge in [-0.1, -0.05) is 0 Å². The summed E-state index contributed by atoms with van der Waals surface area (Å²) in [4.78, 5) is 2.59. The molecule has 2 heterocycles. The highest BCUT2D eigenvalue weighted by Crippen LogP contribution is 2.21. The van der Waals surface area contributed by atoms with E-state index in [9.17, 15) is 0 Å². The fourth-order valence-electron chi connectivity index (χ4n) is 2.79. The van der Waals surface area contributed by atoms with Crippen molar-refractivity contribution in [2.24, 2.45) is 11.7 Å². The van der Waals surface area contributed by atoms with Gasteiger partial charge in [0.05, 0.1) is 6.10 Å². The van der Waals surface area contributed by atoms with Gasteiger partial charge in [-0.25, -0.2) is 0 Å². The molecule has 2 aliphatic rings. The Morgan fingerprint density at radius 2 is 2.20 bits per heavy atom. The van der Waals surface area contributed by atoms with Crippen LogP contribution in [0, 0.1) is 5.92 Å². The van der Waals surface area contributed by atoms with Crippen molar-refractivity contribution in [3.05, 3.63) is 0 Å². The van der Waals surface area contributed by atoms with E-state index in [-0.39, 0.29) is 0 Å². The average Bonchev–Trinajstić information content (AvgIpc) is 2.85. The summed E-state index contributed by atoms with van der Waals surface area (Å²) in [6.45, 7) is 5.61. The third-order valence-corrected chi connectivity index (χ3v) is 3.74. The molecule has 0 spiro atoms. The minimum Gasteiger partial charge on any atom is -0.378 e. The molecule has 15 heavy (non-hydrogen) atoms. The Hall–Kier alpha value is -0.120. The Labute approximate surface area is 93.0 Å². The van der Waals surface area contributed by atoms with Gasteiger partial charge >= 0.3 is 0 Å². The SMILES string of the molecule is NCCC1CCN(CCC2CCCO2)C1. The van der Waals surface area contributed by atoms with Crippen molar-refractivity contribution in [1.82, 2.24) is 4.90 Å². The molecule has 2 fully saturated rings. The first-order valence-corrected chi connectivity index (χ1v) is 6.42. The van der Waals surface area contributed by atoms with Crippen LogP contribution in [0.4, 0.5) is 0 Å². The van der Waals surface area contributed by atoms with Crippen molar-refractivity contribution in [1.29, 1.82) is 0 Å². The Bertz CT molecular complexity index is 180. The molecule has 2 rings (SSSR count). The first-order valence-electron chi connectivity index (χ1n) is 6.42. The summed E-state index contributed by atoms with van der Waals surface area (Å²) in [6.07, 6.45) is 6.88. The number of likely N-dealkylation sites (tertiary alicyclic amines) is 1. The molecule has 0 aromatic carbocycles. The third kappa shape index (κ3) is 3.44. The zero-order valence-corrected chi connectivity index (χ0v) is 9.66. The van der Waals surface area contributed by atoms with Crippen molar-refractivity contribution in [2.45, 2.75) is 38.2 Å². The molecular weight excluding hydrogens is 188 g/mol. The molecule has 2 N–H and O–H groups in total. The van der Waals surface area contributed by atoms with Crippen molar-refractivity contribution in [2.75, 3.05) is 32.8 Å². The van der Waals surface area contributed by atoms with E-state index in [1.165, 1.54) is 51.7 Å². The zero-order valence-electron chi connectivity index (χ0n) is 9.66. The fourth-order valence-corrected chi connectivity index (χ4v) is 2.79. The molecule has 2 saturated heterocycles. The van der Waals surface area contributed by atoms with E-state index in [4.69, 9.17) is 10.5 Å². The van der Waals surface area contributed by atoms with Crippen molar-refractivity contribution >= 4 is 0 Å². The van der Waals surface area contributed by atoms with Crippen molar-refractivity contribution in [3.8, 4) is 0 Å². The van der Waals surface area contributed by atoms with Gasteiger partial charge in [0.2, 0.25) is 0 Å². The van der Waals surface area contributed by atoms with E-state index in [1.807, 2.05) is 0 Å². The van der Waals surface area contributed by atoms with Crippen LogP contribution >= 0.6 is 0 Å². The lowest BCUT2D eigenvalue weighted by molar-refractivity contribution is 0.0944. The Morgan fingerprint density at radius 1 is 1.27 bits per heavy atom. The maximum atomic E-state index is 5.64. The molecule has 0 amide bonds. The van der Waals surface area contributed by atoms with E-state index < -0.39 is 0 Å².